The molecule has 4 rings (SSSR count). The highest BCUT2D eigenvalue weighted by Gasteiger charge is 2.22. The van der Waals surface area contributed by atoms with Crippen LogP contribution in [0.5, 0.6) is 0 Å². The average Bonchev–Trinajstić information content (AvgIpc) is 3.28. The standard InChI is InChI=1S/C19H16N4O4S/c1-28(25,26)13-7-5-12(6-8-13)22-19-16(17(20)24)23-18(27-19)14-4-2-3-11-9-21-10-15(11)14/h2-8,10,22H,9H2,1H3,(H2,20,24). The van der Waals surface area contributed by atoms with Gasteiger partial charge in [0.25, 0.3) is 5.91 Å². The Bertz CT molecular complexity index is 1210. The lowest BCUT2D eigenvalue weighted by Gasteiger charge is -2.05. The molecule has 0 fully saturated rings. The van der Waals surface area contributed by atoms with Crippen LogP contribution in [0.25, 0.3) is 11.5 Å². The molecular weight excluding hydrogens is 380 g/mol. The smallest absolute Gasteiger partial charge is 0.273 e. The van der Waals surface area contributed by atoms with Crippen molar-refractivity contribution in [1.29, 1.82) is 0 Å². The Morgan fingerprint density at radius 3 is 2.61 bits per heavy atom. The molecule has 0 saturated heterocycles. The lowest BCUT2D eigenvalue weighted by atomic mass is 10.0. The number of fused-ring (bicyclic) bond motifs is 1. The molecule has 0 bridgehead atoms. The van der Waals surface area contributed by atoms with E-state index < -0.39 is 15.7 Å². The third-order valence-electron chi connectivity index (χ3n) is 4.31. The quantitative estimate of drug-likeness (QED) is 0.682. The van der Waals surface area contributed by atoms with Crippen molar-refractivity contribution >= 4 is 33.5 Å². The van der Waals surface area contributed by atoms with Gasteiger partial charge in [0.2, 0.25) is 11.8 Å². The third kappa shape index (κ3) is 3.27. The summed E-state index contributed by atoms with van der Waals surface area (Å²) in [5, 5.41) is 2.93. The van der Waals surface area contributed by atoms with Crippen molar-refractivity contribution in [2.75, 3.05) is 11.6 Å². The number of carbonyl (C=O) groups is 1. The number of rotatable bonds is 5. The monoisotopic (exact) mass is 396 g/mol. The molecule has 0 spiro atoms. The van der Waals surface area contributed by atoms with Gasteiger partial charge in [-0.15, -0.1) is 0 Å². The summed E-state index contributed by atoms with van der Waals surface area (Å²) in [6.07, 6.45) is 2.88. The molecule has 142 valence electrons. The van der Waals surface area contributed by atoms with Crippen molar-refractivity contribution in [1.82, 2.24) is 4.98 Å². The Kier molecular flexibility index (Phi) is 4.23. The fourth-order valence-electron chi connectivity index (χ4n) is 2.93. The molecular formula is C19H16N4O4S. The molecule has 2 heterocycles. The maximum atomic E-state index is 11.8. The molecule has 3 N–H and O–H groups in total. The number of nitrogens with two attached hydrogens (primary N) is 1. The zero-order chi connectivity index (χ0) is 19.9. The molecule has 0 saturated carbocycles. The summed E-state index contributed by atoms with van der Waals surface area (Å²) < 4.78 is 28.9. The summed E-state index contributed by atoms with van der Waals surface area (Å²) in [5.74, 6) is -0.414. The van der Waals surface area contributed by atoms with Gasteiger partial charge >= 0.3 is 0 Å². The highest BCUT2D eigenvalue weighted by molar-refractivity contribution is 7.90. The largest absolute Gasteiger partial charge is 0.419 e. The number of primary amides is 1. The molecule has 8 nitrogen and oxygen atoms in total. The Labute approximate surface area is 161 Å². The van der Waals surface area contributed by atoms with Crippen LogP contribution in [0.2, 0.25) is 0 Å². The third-order valence-corrected chi connectivity index (χ3v) is 5.44. The Hall–Kier alpha value is -3.46. The SMILES string of the molecule is CS(=O)(=O)c1ccc(Nc2oc(-c3cccc4c3C=NC4)nc2C(N)=O)cc1. The number of hydrogen-bond acceptors (Lipinski definition) is 7. The van der Waals surface area contributed by atoms with Crippen LogP contribution in [-0.2, 0) is 16.4 Å². The van der Waals surface area contributed by atoms with Gasteiger partial charge in [-0.25, -0.2) is 13.4 Å². The van der Waals surface area contributed by atoms with Crippen LogP contribution >= 0.6 is 0 Å². The minimum absolute atomic E-state index is 0.0465. The van der Waals surface area contributed by atoms with E-state index >= 15 is 0 Å². The summed E-state index contributed by atoms with van der Waals surface area (Å²) in [4.78, 5) is 20.5. The lowest BCUT2D eigenvalue weighted by molar-refractivity contribution is 0.0996. The van der Waals surface area contributed by atoms with Gasteiger partial charge in [-0.1, -0.05) is 12.1 Å². The number of amides is 1. The number of nitrogens with one attached hydrogen (secondary N) is 1. The fourth-order valence-corrected chi connectivity index (χ4v) is 3.56. The maximum absolute atomic E-state index is 11.8. The van der Waals surface area contributed by atoms with Gasteiger partial charge in [0.15, 0.2) is 15.5 Å². The molecule has 0 atom stereocenters. The predicted molar refractivity (Wildman–Crippen MR) is 105 cm³/mol. The second-order valence-corrected chi connectivity index (χ2v) is 8.35. The number of hydrogen-bond donors (Lipinski definition) is 2. The summed E-state index contributed by atoms with van der Waals surface area (Å²) in [5.41, 5.74) is 8.57. The molecule has 9 heteroatoms. The van der Waals surface area contributed by atoms with Crippen LogP contribution in [0, 0.1) is 0 Å². The van der Waals surface area contributed by atoms with Gasteiger partial charge in [-0.2, -0.15) is 0 Å². The Morgan fingerprint density at radius 2 is 1.93 bits per heavy atom. The van der Waals surface area contributed by atoms with Gasteiger partial charge in [0, 0.05) is 29.3 Å². The normalized spacial score (nSPS) is 12.8. The molecule has 1 aliphatic heterocycles. The zero-order valence-corrected chi connectivity index (χ0v) is 15.7. The first-order chi connectivity index (χ1) is 13.3. The number of anilines is 2. The Morgan fingerprint density at radius 1 is 1.18 bits per heavy atom. The highest BCUT2D eigenvalue weighted by Crippen LogP contribution is 2.32. The number of benzene rings is 2. The molecule has 0 unspecified atom stereocenters. The van der Waals surface area contributed by atoms with Gasteiger partial charge < -0.3 is 15.5 Å². The van der Waals surface area contributed by atoms with Crippen LogP contribution in [-0.4, -0.2) is 31.8 Å². The lowest BCUT2D eigenvalue weighted by Crippen LogP contribution is -2.13. The molecule has 2 aromatic carbocycles. The molecule has 28 heavy (non-hydrogen) atoms. The number of carbonyl (C=O) groups excluding carboxylic acids is 1. The van der Waals surface area contributed by atoms with Crippen LogP contribution in [0.1, 0.15) is 21.6 Å². The van der Waals surface area contributed by atoms with Crippen molar-refractivity contribution in [3.05, 3.63) is 59.3 Å². The van der Waals surface area contributed by atoms with E-state index in [0.29, 0.717) is 17.8 Å². The molecule has 1 amide bonds. The van der Waals surface area contributed by atoms with Crippen LogP contribution in [0.15, 0.2) is 56.8 Å². The first kappa shape index (κ1) is 17.9. The van der Waals surface area contributed by atoms with Crippen molar-refractivity contribution in [2.45, 2.75) is 11.4 Å². The molecule has 3 aromatic rings. The van der Waals surface area contributed by atoms with Crippen molar-refractivity contribution in [2.24, 2.45) is 10.7 Å². The van der Waals surface area contributed by atoms with Crippen LogP contribution < -0.4 is 11.1 Å². The van der Waals surface area contributed by atoms with E-state index in [1.807, 2.05) is 18.2 Å². The van der Waals surface area contributed by atoms with E-state index in [1.54, 1.807) is 18.3 Å². The van der Waals surface area contributed by atoms with Crippen molar-refractivity contribution in [3.63, 3.8) is 0 Å². The van der Waals surface area contributed by atoms with E-state index in [0.717, 1.165) is 17.4 Å². The number of aliphatic imine (C=N–C) groups is 1. The van der Waals surface area contributed by atoms with Crippen molar-refractivity contribution < 1.29 is 17.6 Å². The minimum Gasteiger partial charge on any atom is -0.419 e. The van der Waals surface area contributed by atoms with Gasteiger partial charge in [-0.3, -0.25) is 9.79 Å². The van der Waals surface area contributed by atoms with Crippen LogP contribution in [0.4, 0.5) is 11.6 Å². The van der Waals surface area contributed by atoms with Gasteiger partial charge in [0.1, 0.15) is 0 Å². The summed E-state index contributed by atoms with van der Waals surface area (Å²) in [7, 11) is -3.30. The second kappa shape index (κ2) is 6.61. The highest BCUT2D eigenvalue weighted by atomic mass is 32.2. The second-order valence-electron chi connectivity index (χ2n) is 6.33. The van der Waals surface area contributed by atoms with Crippen LogP contribution in [0.3, 0.4) is 0 Å². The molecule has 1 aromatic heterocycles. The zero-order valence-electron chi connectivity index (χ0n) is 14.8. The minimum atomic E-state index is -3.30. The Balaban J connectivity index is 1.71. The molecule has 0 aliphatic carbocycles. The van der Waals surface area contributed by atoms with Gasteiger partial charge in [0.05, 0.1) is 11.4 Å². The molecule has 1 aliphatic rings. The van der Waals surface area contributed by atoms with E-state index in [2.05, 4.69) is 15.3 Å². The number of aromatic nitrogens is 1. The number of nitrogens with zero attached hydrogens (tertiary/aromatic N) is 2. The molecule has 0 radical (unpaired) electrons. The predicted octanol–water partition coefficient (Wildman–Crippen LogP) is 2.52. The topological polar surface area (TPSA) is 128 Å². The first-order valence-electron chi connectivity index (χ1n) is 8.33. The van der Waals surface area contributed by atoms with E-state index in [4.69, 9.17) is 10.2 Å². The summed E-state index contributed by atoms with van der Waals surface area (Å²) in [6, 6.07) is 11.7. The van der Waals surface area contributed by atoms with E-state index in [9.17, 15) is 13.2 Å². The van der Waals surface area contributed by atoms with E-state index in [-0.39, 0.29) is 22.4 Å². The number of oxazole rings is 1. The fraction of sp³-hybridized carbons (Fsp3) is 0.105. The van der Waals surface area contributed by atoms with Gasteiger partial charge in [-0.05, 0) is 35.9 Å². The average molecular weight is 396 g/mol. The number of sulfone groups is 1. The van der Waals surface area contributed by atoms with Crippen molar-refractivity contribution in [3.8, 4) is 11.5 Å². The van der Waals surface area contributed by atoms with E-state index in [1.165, 1.54) is 12.1 Å². The first-order valence-corrected chi connectivity index (χ1v) is 10.2. The summed E-state index contributed by atoms with van der Waals surface area (Å²) >= 11 is 0. The summed E-state index contributed by atoms with van der Waals surface area (Å²) in [6.45, 7) is 0.588. The maximum Gasteiger partial charge on any atom is 0.273 e.